The summed E-state index contributed by atoms with van der Waals surface area (Å²) in [6.07, 6.45) is 9.43. The van der Waals surface area contributed by atoms with E-state index in [4.69, 9.17) is 28.4 Å². The Morgan fingerprint density at radius 2 is 1.11 bits per heavy atom. The van der Waals surface area contributed by atoms with E-state index in [-0.39, 0.29) is 13.2 Å². The van der Waals surface area contributed by atoms with Gasteiger partial charge in [0.15, 0.2) is 24.6 Å². The Hall–Kier alpha value is -2.28. The molecule has 0 aliphatic carbocycles. The van der Waals surface area contributed by atoms with Gasteiger partial charge in [0.2, 0.25) is 0 Å². The standard InChI is InChI=1S/C35H64N2O10/c1-8-10-11-12-13-14-15-16-17-18-23-37(9-2)24-19-21-36(7)22-20-25-42-35-34(46-30(6)41)33(45-29(5)40)32(44-28(4)39)31(47-35)26-43-27(3)38/h31-35H,8-26H2,1-7H3. The quantitative estimate of drug-likeness (QED) is 0.0693. The topological polar surface area (TPSA) is 130 Å². The highest BCUT2D eigenvalue weighted by atomic mass is 16.7. The summed E-state index contributed by atoms with van der Waals surface area (Å²) >= 11 is 0. The third-order valence-electron chi connectivity index (χ3n) is 8.20. The van der Waals surface area contributed by atoms with E-state index < -0.39 is 54.6 Å². The number of nitrogens with zero attached hydrogens (tertiary/aromatic N) is 2. The van der Waals surface area contributed by atoms with E-state index in [0.29, 0.717) is 6.42 Å². The molecule has 0 radical (unpaired) electrons. The SMILES string of the molecule is CCCCCCCCCCCCN(CC)CCCN(C)CCCOC1OC(COC(C)=O)C(OC(C)=O)C(OC(C)=O)C1OC(C)=O. The number of carbonyl (C=O) groups excluding carboxylic acids is 4. The maximum atomic E-state index is 12.0. The predicted molar refractivity (Wildman–Crippen MR) is 179 cm³/mol. The third-order valence-corrected chi connectivity index (χ3v) is 8.20. The molecule has 1 heterocycles. The number of esters is 4. The van der Waals surface area contributed by atoms with Gasteiger partial charge in [-0.1, -0.05) is 71.6 Å². The van der Waals surface area contributed by atoms with Crippen molar-refractivity contribution in [1.82, 2.24) is 9.80 Å². The van der Waals surface area contributed by atoms with Crippen LogP contribution in [0.4, 0.5) is 0 Å². The van der Waals surface area contributed by atoms with Gasteiger partial charge in [0.25, 0.3) is 0 Å². The summed E-state index contributed by atoms with van der Waals surface area (Å²) in [6.45, 7) is 14.3. The van der Waals surface area contributed by atoms with E-state index in [1.807, 2.05) is 0 Å². The minimum atomic E-state index is -1.23. The van der Waals surface area contributed by atoms with Crippen LogP contribution in [0.1, 0.15) is 119 Å². The smallest absolute Gasteiger partial charge is 0.303 e. The second-order valence-corrected chi connectivity index (χ2v) is 12.6. The molecule has 0 bridgehead atoms. The Morgan fingerprint density at radius 3 is 1.66 bits per heavy atom. The first-order chi connectivity index (χ1) is 22.5. The predicted octanol–water partition coefficient (Wildman–Crippen LogP) is 5.04. The van der Waals surface area contributed by atoms with Crippen LogP contribution < -0.4 is 0 Å². The molecular formula is C35H64N2O10. The average Bonchev–Trinajstić information content (AvgIpc) is 3.00. The highest BCUT2D eigenvalue weighted by Gasteiger charge is 2.52. The molecule has 1 rings (SSSR count). The van der Waals surface area contributed by atoms with Crippen LogP contribution in [0.3, 0.4) is 0 Å². The van der Waals surface area contributed by atoms with Gasteiger partial charge in [-0.2, -0.15) is 0 Å². The molecule has 5 unspecified atom stereocenters. The van der Waals surface area contributed by atoms with Gasteiger partial charge in [-0.3, -0.25) is 19.2 Å². The van der Waals surface area contributed by atoms with Crippen molar-refractivity contribution in [2.45, 2.75) is 149 Å². The van der Waals surface area contributed by atoms with Crippen LogP contribution in [0.15, 0.2) is 0 Å². The molecule has 274 valence electrons. The van der Waals surface area contributed by atoms with Gasteiger partial charge >= 0.3 is 23.9 Å². The molecule has 1 aliphatic heterocycles. The van der Waals surface area contributed by atoms with Crippen molar-refractivity contribution in [3.8, 4) is 0 Å². The van der Waals surface area contributed by atoms with E-state index in [9.17, 15) is 19.2 Å². The first-order valence-electron chi connectivity index (χ1n) is 17.8. The van der Waals surface area contributed by atoms with Crippen LogP contribution >= 0.6 is 0 Å². The number of ether oxygens (including phenoxy) is 6. The lowest BCUT2D eigenvalue weighted by Crippen LogP contribution is -2.63. The fraction of sp³-hybridized carbons (Fsp3) is 0.886. The molecule has 1 aliphatic rings. The van der Waals surface area contributed by atoms with Crippen molar-refractivity contribution < 1.29 is 47.6 Å². The zero-order chi connectivity index (χ0) is 35.0. The lowest BCUT2D eigenvalue weighted by molar-refractivity contribution is -0.308. The number of carbonyl (C=O) groups is 4. The molecule has 0 amide bonds. The molecule has 0 saturated carbocycles. The monoisotopic (exact) mass is 672 g/mol. The third kappa shape index (κ3) is 20.0. The summed E-state index contributed by atoms with van der Waals surface area (Å²) in [5.41, 5.74) is 0. The van der Waals surface area contributed by atoms with Gasteiger partial charge < -0.3 is 38.2 Å². The maximum absolute atomic E-state index is 12.0. The second-order valence-electron chi connectivity index (χ2n) is 12.6. The van der Waals surface area contributed by atoms with Crippen molar-refractivity contribution in [1.29, 1.82) is 0 Å². The van der Waals surface area contributed by atoms with Crippen LogP contribution in [-0.2, 0) is 47.6 Å². The first-order valence-corrected chi connectivity index (χ1v) is 17.8. The number of hydrogen-bond acceptors (Lipinski definition) is 12. The van der Waals surface area contributed by atoms with Crippen molar-refractivity contribution in [3.63, 3.8) is 0 Å². The molecule has 5 atom stereocenters. The Kier molecular flexibility index (Phi) is 23.4. The van der Waals surface area contributed by atoms with E-state index in [1.165, 1.54) is 91.9 Å². The van der Waals surface area contributed by atoms with Gasteiger partial charge in [-0.05, 0) is 52.5 Å². The van der Waals surface area contributed by atoms with Gasteiger partial charge in [-0.15, -0.1) is 0 Å². The number of hydrogen-bond donors (Lipinski definition) is 0. The first kappa shape index (κ1) is 42.7. The van der Waals surface area contributed by atoms with Crippen molar-refractivity contribution >= 4 is 23.9 Å². The zero-order valence-corrected chi connectivity index (χ0v) is 30.3. The molecule has 12 heteroatoms. The van der Waals surface area contributed by atoms with Crippen LogP contribution in [0.2, 0.25) is 0 Å². The summed E-state index contributed by atoms with van der Waals surface area (Å²) in [6, 6.07) is 0. The molecule has 47 heavy (non-hydrogen) atoms. The molecule has 0 N–H and O–H groups in total. The number of unbranched alkanes of at least 4 members (excludes halogenated alkanes) is 9. The van der Waals surface area contributed by atoms with Crippen LogP contribution in [0.5, 0.6) is 0 Å². The van der Waals surface area contributed by atoms with Crippen molar-refractivity contribution in [2.75, 3.05) is 53.0 Å². The van der Waals surface area contributed by atoms with Crippen molar-refractivity contribution in [2.24, 2.45) is 0 Å². The molecule has 0 aromatic heterocycles. The van der Waals surface area contributed by atoms with E-state index in [1.54, 1.807) is 0 Å². The number of rotatable bonds is 26. The summed E-state index contributed by atoms with van der Waals surface area (Å²) in [4.78, 5) is 52.2. The average molecular weight is 673 g/mol. The fourth-order valence-electron chi connectivity index (χ4n) is 5.78. The summed E-state index contributed by atoms with van der Waals surface area (Å²) in [5.74, 6) is -2.57. The lowest BCUT2D eigenvalue weighted by Gasteiger charge is -2.44. The lowest BCUT2D eigenvalue weighted by atomic mass is 9.98. The van der Waals surface area contributed by atoms with Gasteiger partial charge in [0, 0.05) is 34.2 Å². The van der Waals surface area contributed by atoms with Gasteiger partial charge in [-0.25, -0.2) is 0 Å². The Morgan fingerprint density at radius 1 is 0.596 bits per heavy atom. The molecule has 12 nitrogen and oxygen atoms in total. The van der Waals surface area contributed by atoms with E-state index >= 15 is 0 Å². The Balaban J connectivity index is 2.53. The minimum Gasteiger partial charge on any atom is -0.463 e. The highest BCUT2D eigenvalue weighted by Crippen LogP contribution is 2.30. The summed E-state index contributed by atoms with van der Waals surface area (Å²) < 4.78 is 33.4. The van der Waals surface area contributed by atoms with Crippen LogP contribution in [-0.4, -0.2) is 117 Å². The molecular weight excluding hydrogens is 608 g/mol. The molecule has 0 aromatic carbocycles. The van der Waals surface area contributed by atoms with E-state index in [0.717, 1.165) is 39.1 Å². The van der Waals surface area contributed by atoms with Gasteiger partial charge in [0.05, 0.1) is 6.61 Å². The van der Waals surface area contributed by atoms with Crippen molar-refractivity contribution in [3.05, 3.63) is 0 Å². The zero-order valence-electron chi connectivity index (χ0n) is 30.3. The van der Waals surface area contributed by atoms with Gasteiger partial charge in [0.1, 0.15) is 12.7 Å². The molecule has 0 spiro atoms. The molecule has 1 fully saturated rings. The van der Waals surface area contributed by atoms with Crippen LogP contribution in [0.25, 0.3) is 0 Å². The van der Waals surface area contributed by atoms with E-state index in [2.05, 4.69) is 30.7 Å². The molecule has 1 saturated heterocycles. The second kappa shape index (κ2) is 25.7. The summed E-state index contributed by atoms with van der Waals surface area (Å²) in [7, 11) is 2.08. The minimum absolute atomic E-state index is 0.262. The van der Waals surface area contributed by atoms with Crippen LogP contribution in [0, 0.1) is 0 Å². The highest BCUT2D eigenvalue weighted by molar-refractivity contribution is 5.68. The normalized spacial score (nSPS) is 21.1. The Bertz CT molecular complexity index is 888. The molecule has 0 aromatic rings. The fourth-order valence-corrected chi connectivity index (χ4v) is 5.78. The largest absolute Gasteiger partial charge is 0.463 e. The summed E-state index contributed by atoms with van der Waals surface area (Å²) in [5, 5.41) is 0. The maximum Gasteiger partial charge on any atom is 0.303 e. The Labute approximate surface area is 283 Å².